The van der Waals surface area contributed by atoms with Crippen LogP contribution in [-0.4, -0.2) is 23.9 Å². The molecule has 24 heavy (non-hydrogen) atoms. The highest BCUT2D eigenvalue weighted by Gasteiger charge is 2.10. The van der Waals surface area contributed by atoms with Gasteiger partial charge < -0.3 is 5.32 Å². The molecule has 1 fully saturated rings. The minimum absolute atomic E-state index is 0.0681. The van der Waals surface area contributed by atoms with Gasteiger partial charge in [0.1, 0.15) is 0 Å². The van der Waals surface area contributed by atoms with Crippen molar-refractivity contribution in [1.29, 1.82) is 0 Å². The number of rotatable bonds is 6. The van der Waals surface area contributed by atoms with Gasteiger partial charge in [0.25, 0.3) is 0 Å². The number of hydrogen-bond acceptors (Lipinski definition) is 2. The first kappa shape index (κ1) is 16.7. The van der Waals surface area contributed by atoms with Crippen LogP contribution in [0.15, 0.2) is 54.6 Å². The summed E-state index contributed by atoms with van der Waals surface area (Å²) < 4.78 is 0. The third kappa shape index (κ3) is 5.20. The van der Waals surface area contributed by atoms with Crippen molar-refractivity contribution in [3.8, 4) is 0 Å². The van der Waals surface area contributed by atoms with Crippen molar-refractivity contribution >= 4 is 11.6 Å². The summed E-state index contributed by atoms with van der Waals surface area (Å²) in [6.07, 6.45) is 5.33. The van der Waals surface area contributed by atoms with Crippen molar-refractivity contribution in [1.82, 2.24) is 4.90 Å². The normalized spacial score (nSPS) is 15.2. The number of piperidine rings is 1. The Morgan fingerprint density at radius 3 is 2.25 bits per heavy atom. The predicted molar refractivity (Wildman–Crippen MR) is 99.0 cm³/mol. The molecule has 0 aromatic heterocycles. The Kier molecular flexibility index (Phi) is 6.02. The van der Waals surface area contributed by atoms with Crippen molar-refractivity contribution in [2.75, 3.05) is 18.4 Å². The molecule has 1 N–H and O–H groups in total. The summed E-state index contributed by atoms with van der Waals surface area (Å²) in [5.41, 5.74) is 3.45. The molecule has 2 aromatic carbocycles. The Morgan fingerprint density at radius 2 is 1.54 bits per heavy atom. The molecular weight excluding hydrogens is 296 g/mol. The second-order valence-corrected chi connectivity index (χ2v) is 6.57. The summed E-state index contributed by atoms with van der Waals surface area (Å²) in [4.78, 5) is 14.5. The van der Waals surface area contributed by atoms with Crippen LogP contribution >= 0.6 is 0 Å². The standard InChI is InChI=1S/C21H26N2O/c24-21(22-20-7-3-1-4-8-20)14-13-18-9-11-19(12-10-18)17-23-15-5-2-6-16-23/h1,3-4,7-12H,2,5-6,13-17H2,(H,22,24). The van der Waals surface area contributed by atoms with Gasteiger partial charge >= 0.3 is 0 Å². The molecular formula is C21H26N2O. The number of nitrogens with one attached hydrogen (secondary N) is 1. The van der Waals surface area contributed by atoms with Crippen LogP contribution in [0.25, 0.3) is 0 Å². The van der Waals surface area contributed by atoms with Crippen LogP contribution in [0.4, 0.5) is 5.69 Å². The lowest BCUT2D eigenvalue weighted by Crippen LogP contribution is -2.29. The van der Waals surface area contributed by atoms with Crippen LogP contribution in [-0.2, 0) is 17.8 Å². The number of nitrogens with zero attached hydrogens (tertiary/aromatic N) is 1. The number of aryl methyl sites for hydroxylation is 1. The van der Waals surface area contributed by atoms with E-state index in [2.05, 4.69) is 34.5 Å². The zero-order valence-electron chi connectivity index (χ0n) is 14.2. The monoisotopic (exact) mass is 322 g/mol. The van der Waals surface area contributed by atoms with Gasteiger partial charge in [-0.15, -0.1) is 0 Å². The maximum atomic E-state index is 12.0. The van der Waals surface area contributed by atoms with Gasteiger partial charge in [0.2, 0.25) is 5.91 Å². The van der Waals surface area contributed by atoms with Crippen LogP contribution in [0.2, 0.25) is 0 Å². The largest absolute Gasteiger partial charge is 0.326 e. The van der Waals surface area contributed by atoms with E-state index in [1.54, 1.807) is 0 Å². The number of amides is 1. The molecule has 3 rings (SSSR count). The fourth-order valence-electron chi connectivity index (χ4n) is 3.19. The number of anilines is 1. The Labute approximate surface area is 144 Å². The van der Waals surface area contributed by atoms with Gasteiger partial charge in [-0.25, -0.2) is 0 Å². The summed E-state index contributed by atoms with van der Waals surface area (Å²) in [5.74, 6) is 0.0681. The van der Waals surface area contributed by atoms with E-state index in [0.29, 0.717) is 6.42 Å². The van der Waals surface area contributed by atoms with Crippen molar-refractivity contribution in [2.45, 2.75) is 38.6 Å². The van der Waals surface area contributed by atoms with Crippen LogP contribution < -0.4 is 5.32 Å². The number of likely N-dealkylation sites (tertiary alicyclic amines) is 1. The number of carbonyl (C=O) groups excluding carboxylic acids is 1. The molecule has 126 valence electrons. The highest BCUT2D eigenvalue weighted by Crippen LogP contribution is 2.14. The predicted octanol–water partition coefficient (Wildman–Crippen LogP) is 4.24. The number of para-hydroxylation sites is 1. The molecule has 0 aliphatic carbocycles. The van der Waals surface area contributed by atoms with Gasteiger partial charge in [-0.1, -0.05) is 48.9 Å². The first-order valence-electron chi connectivity index (χ1n) is 8.95. The summed E-state index contributed by atoms with van der Waals surface area (Å²) >= 11 is 0. The Balaban J connectivity index is 1.44. The third-order valence-corrected chi connectivity index (χ3v) is 4.58. The van der Waals surface area contributed by atoms with Crippen molar-refractivity contribution in [2.24, 2.45) is 0 Å². The van der Waals surface area contributed by atoms with Crippen LogP contribution in [0.5, 0.6) is 0 Å². The zero-order valence-corrected chi connectivity index (χ0v) is 14.2. The van der Waals surface area contributed by atoms with E-state index in [1.807, 2.05) is 30.3 Å². The van der Waals surface area contributed by atoms with E-state index in [-0.39, 0.29) is 5.91 Å². The van der Waals surface area contributed by atoms with Crippen LogP contribution in [0.3, 0.4) is 0 Å². The fraction of sp³-hybridized carbons (Fsp3) is 0.381. The quantitative estimate of drug-likeness (QED) is 0.862. The molecule has 1 amide bonds. The summed E-state index contributed by atoms with van der Waals surface area (Å²) in [7, 11) is 0. The lowest BCUT2D eigenvalue weighted by atomic mass is 10.1. The van der Waals surface area contributed by atoms with Crippen LogP contribution in [0, 0.1) is 0 Å². The van der Waals surface area contributed by atoms with Crippen molar-refractivity contribution in [3.63, 3.8) is 0 Å². The second-order valence-electron chi connectivity index (χ2n) is 6.57. The first-order valence-corrected chi connectivity index (χ1v) is 8.95. The first-order chi connectivity index (χ1) is 11.8. The highest BCUT2D eigenvalue weighted by atomic mass is 16.1. The lowest BCUT2D eigenvalue weighted by Gasteiger charge is -2.26. The minimum Gasteiger partial charge on any atom is -0.326 e. The number of benzene rings is 2. The molecule has 3 nitrogen and oxygen atoms in total. The average molecular weight is 322 g/mol. The molecule has 0 atom stereocenters. The number of carbonyl (C=O) groups is 1. The molecule has 1 aliphatic heterocycles. The molecule has 2 aromatic rings. The van der Waals surface area contributed by atoms with E-state index in [9.17, 15) is 4.79 Å². The van der Waals surface area contributed by atoms with Gasteiger partial charge in [0.05, 0.1) is 0 Å². The van der Waals surface area contributed by atoms with Gasteiger partial charge in [0.15, 0.2) is 0 Å². The maximum Gasteiger partial charge on any atom is 0.224 e. The topological polar surface area (TPSA) is 32.3 Å². The van der Waals surface area contributed by atoms with Gasteiger partial charge in [-0.3, -0.25) is 9.69 Å². The molecule has 1 saturated heterocycles. The van der Waals surface area contributed by atoms with E-state index in [1.165, 1.54) is 43.5 Å². The summed E-state index contributed by atoms with van der Waals surface area (Å²) in [6.45, 7) is 3.50. The van der Waals surface area contributed by atoms with E-state index < -0.39 is 0 Å². The molecule has 0 radical (unpaired) electrons. The maximum absolute atomic E-state index is 12.0. The van der Waals surface area contributed by atoms with Crippen molar-refractivity contribution < 1.29 is 4.79 Å². The summed E-state index contributed by atoms with van der Waals surface area (Å²) in [5, 5.41) is 2.93. The smallest absolute Gasteiger partial charge is 0.224 e. The van der Waals surface area contributed by atoms with Gasteiger partial charge in [0, 0.05) is 18.7 Å². The molecule has 0 saturated carbocycles. The molecule has 1 aliphatic rings. The molecule has 0 spiro atoms. The van der Waals surface area contributed by atoms with Crippen LogP contribution in [0.1, 0.15) is 36.8 Å². The molecule has 3 heteroatoms. The van der Waals surface area contributed by atoms with Gasteiger partial charge in [-0.05, 0) is 55.6 Å². The van der Waals surface area contributed by atoms with E-state index in [0.717, 1.165) is 18.7 Å². The molecule has 1 heterocycles. The zero-order chi connectivity index (χ0) is 16.6. The average Bonchev–Trinajstić information content (AvgIpc) is 2.63. The minimum atomic E-state index is 0.0681. The Bertz CT molecular complexity index is 631. The third-order valence-electron chi connectivity index (χ3n) is 4.58. The molecule has 0 unspecified atom stereocenters. The van der Waals surface area contributed by atoms with E-state index in [4.69, 9.17) is 0 Å². The van der Waals surface area contributed by atoms with E-state index >= 15 is 0 Å². The lowest BCUT2D eigenvalue weighted by molar-refractivity contribution is -0.116. The number of hydrogen-bond donors (Lipinski definition) is 1. The highest BCUT2D eigenvalue weighted by molar-refractivity contribution is 5.90. The fourth-order valence-corrected chi connectivity index (χ4v) is 3.19. The molecule has 0 bridgehead atoms. The van der Waals surface area contributed by atoms with Crippen molar-refractivity contribution in [3.05, 3.63) is 65.7 Å². The van der Waals surface area contributed by atoms with Gasteiger partial charge in [-0.2, -0.15) is 0 Å². The second kappa shape index (κ2) is 8.65. The summed E-state index contributed by atoms with van der Waals surface area (Å²) in [6, 6.07) is 18.4. The Morgan fingerprint density at radius 1 is 0.875 bits per heavy atom. The SMILES string of the molecule is O=C(CCc1ccc(CN2CCCCC2)cc1)Nc1ccccc1. The Hall–Kier alpha value is -2.13.